The maximum atomic E-state index is 5.63. The first kappa shape index (κ1) is 14.1. The molecule has 1 aromatic heterocycles. The van der Waals surface area contributed by atoms with E-state index in [1.54, 1.807) is 0 Å². The summed E-state index contributed by atoms with van der Waals surface area (Å²) in [5.41, 5.74) is 1.36. The van der Waals surface area contributed by atoms with E-state index in [0.29, 0.717) is 0 Å². The molecular weight excluding hydrogens is 250 g/mol. The average Bonchev–Trinajstić information content (AvgIpc) is 3.03. The Morgan fingerprint density at radius 3 is 3.10 bits per heavy atom. The highest BCUT2D eigenvalue weighted by Gasteiger charge is 2.28. The summed E-state index contributed by atoms with van der Waals surface area (Å²) < 4.78 is 5.63. The van der Waals surface area contributed by atoms with Crippen molar-refractivity contribution in [3.63, 3.8) is 0 Å². The Labute approximate surface area is 122 Å². The zero-order valence-electron chi connectivity index (χ0n) is 12.6. The molecule has 112 valence electrons. The molecule has 2 saturated heterocycles. The fourth-order valence-electron chi connectivity index (χ4n) is 3.57. The van der Waals surface area contributed by atoms with Crippen molar-refractivity contribution >= 4 is 0 Å². The standard InChI is InChI=1S/C16H27N3O/c1-2-17-11-16-14(6-10-20-16)12-18-7-4-9-19-8-3-5-15(19)13-18/h6,10,15,17H,2-5,7-9,11-13H2,1H3. The predicted octanol–water partition coefficient (Wildman–Crippen LogP) is 2.06. The molecule has 4 nitrogen and oxygen atoms in total. The van der Waals surface area contributed by atoms with Gasteiger partial charge in [-0.1, -0.05) is 6.92 Å². The number of nitrogens with one attached hydrogen (secondary N) is 1. The lowest BCUT2D eigenvalue weighted by molar-refractivity contribution is 0.214. The van der Waals surface area contributed by atoms with E-state index in [4.69, 9.17) is 4.42 Å². The first-order valence-electron chi connectivity index (χ1n) is 8.09. The summed E-state index contributed by atoms with van der Waals surface area (Å²) in [5.74, 6) is 1.11. The van der Waals surface area contributed by atoms with Crippen LogP contribution in [0.25, 0.3) is 0 Å². The first-order chi connectivity index (χ1) is 9.86. The van der Waals surface area contributed by atoms with Gasteiger partial charge in [-0.15, -0.1) is 0 Å². The molecule has 0 aliphatic carbocycles. The third-order valence-electron chi connectivity index (χ3n) is 4.65. The average molecular weight is 277 g/mol. The van der Waals surface area contributed by atoms with E-state index in [1.165, 1.54) is 51.0 Å². The molecule has 2 aliphatic rings. The summed E-state index contributed by atoms with van der Waals surface area (Å²) in [4.78, 5) is 5.31. The van der Waals surface area contributed by atoms with Gasteiger partial charge in [0, 0.05) is 24.7 Å². The van der Waals surface area contributed by atoms with Gasteiger partial charge >= 0.3 is 0 Å². The van der Waals surface area contributed by atoms with E-state index < -0.39 is 0 Å². The first-order valence-corrected chi connectivity index (χ1v) is 8.09. The van der Waals surface area contributed by atoms with E-state index in [1.807, 2.05) is 6.26 Å². The largest absolute Gasteiger partial charge is 0.468 e. The minimum atomic E-state index is 0.793. The van der Waals surface area contributed by atoms with Gasteiger partial charge in [-0.3, -0.25) is 9.80 Å². The highest BCUT2D eigenvalue weighted by atomic mass is 16.3. The van der Waals surface area contributed by atoms with Gasteiger partial charge < -0.3 is 9.73 Å². The number of hydrogen-bond acceptors (Lipinski definition) is 4. The van der Waals surface area contributed by atoms with Gasteiger partial charge in [-0.25, -0.2) is 0 Å². The molecule has 0 aromatic carbocycles. The van der Waals surface area contributed by atoms with Crippen LogP contribution in [-0.2, 0) is 13.1 Å². The topological polar surface area (TPSA) is 31.7 Å². The van der Waals surface area contributed by atoms with Gasteiger partial charge in [0.1, 0.15) is 5.76 Å². The molecule has 0 spiro atoms. The molecule has 1 N–H and O–H groups in total. The van der Waals surface area contributed by atoms with Crippen LogP contribution in [-0.4, -0.2) is 48.6 Å². The fraction of sp³-hybridized carbons (Fsp3) is 0.750. The SMILES string of the molecule is CCNCc1occc1CN1CCCN2CCCC2C1. The van der Waals surface area contributed by atoms with Crippen LogP contribution in [0, 0.1) is 0 Å². The van der Waals surface area contributed by atoms with E-state index in [-0.39, 0.29) is 0 Å². The van der Waals surface area contributed by atoms with Gasteiger partial charge in [0.15, 0.2) is 0 Å². The second-order valence-electron chi connectivity index (χ2n) is 6.07. The molecule has 0 saturated carbocycles. The molecule has 0 amide bonds. The van der Waals surface area contributed by atoms with Crippen molar-refractivity contribution in [2.24, 2.45) is 0 Å². The van der Waals surface area contributed by atoms with Crippen molar-refractivity contribution < 1.29 is 4.42 Å². The highest BCUT2D eigenvalue weighted by Crippen LogP contribution is 2.23. The Morgan fingerprint density at radius 1 is 1.30 bits per heavy atom. The third-order valence-corrected chi connectivity index (χ3v) is 4.65. The van der Waals surface area contributed by atoms with Crippen molar-refractivity contribution in [1.29, 1.82) is 0 Å². The van der Waals surface area contributed by atoms with Gasteiger partial charge in [0.25, 0.3) is 0 Å². The van der Waals surface area contributed by atoms with E-state index in [9.17, 15) is 0 Å². The lowest BCUT2D eigenvalue weighted by Crippen LogP contribution is -2.36. The summed E-state index contributed by atoms with van der Waals surface area (Å²) >= 11 is 0. The smallest absolute Gasteiger partial charge is 0.122 e. The molecule has 1 unspecified atom stereocenters. The van der Waals surface area contributed by atoms with Crippen LogP contribution in [0.4, 0.5) is 0 Å². The summed E-state index contributed by atoms with van der Waals surface area (Å²) in [6, 6.07) is 2.94. The van der Waals surface area contributed by atoms with Gasteiger partial charge in [0.05, 0.1) is 12.8 Å². The lowest BCUT2D eigenvalue weighted by atomic mass is 10.2. The number of fused-ring (bicyclic) bond motifs is 1. The van der Waals surface area contributed by atoms with Crippen LogP contribution in [0.15, 0.2) is 16.7 Å². The molecule has 1 atom stereocenters. The Bertz CT molecular complexity index is 418. The predicted molar refractivity (Wildman–Crippen MR) is 80.6 cm³/mol. The molecule has 2 fully saturated rings. The van der Waals surface area contributed by atoms with Gasteiger partial charge in [-0.05, 0) is 51.5 Å². The molecule has 0 radical (unpaired) electrons. The number of nitrogens with zero attached hydrogens (tertiary/aromatic N) is 2. The monoisotopic (exact) mass is 277 g/mol. The quantitative estimate of drug-likeness (QED) is 0.893. The maximum absolute atomic E-state index is 5.63. The minimum Gasteiger partial charge on any atom is -0.468 e. The summed E-state index contributed by atoms with van der Waals surface area (Å²) in [7, 11) is 0. The van der Waals surface area contributed by atoms with Gasteiger partial charge in [-0.2, -0.15) is 0 Å². The third kappa shape index (κ3) is 3.25. The fourth-order valence-corrected chi connectivity index (χ4v) is 3.57. The van der Waals surface area contributed by atoms with E-state index in [2.05, 4.69) is 28.1 Å². The molecule has 20 heavy (non-hydrogen) atoms. The molecule has 1 aromatic rings. The van der Waals surface area contributed by atoms with Crippen molar-refractivity contribution in [2.45, 2.75) is 45.3 Å². The Kier molecular flexibility index (Phi) is 4.76. The molecular formula is C16H27N3O. The van der Waals surface area contributed by atoms with Crippen LogP contribution in [0.3, 0.4) is 0 Å². The number of rotatable bonds is 5. The second kappa shape index (κ2) is 6.74. The van der Waals surface area contributed by atoms with Crippen LogP contribution >= 0.6 is 0 Å². The maximum Gasteiger partial charge on any atom is 0.122 e. The summed E-state index contributed by atoms with van der Waals surface area (Å²) in [5, 5.41) is 3.36. The zero-order chi connectivity index (χ0) is 13.8. The van der Waals surface area contributed by atoms with Crippen LogP contribution in [0.1, 0.15) is 37.5 Å². The van der Waals surface area contributed by atoms with Crippen molar-refractivity contribution in [2.75, 3.05) is 32.7 Å². The Balaban J connectivity index is 1.60. The van der Waals surface area contributed by atoms with Crippen LogP contribution in [0.5, 0.6) is 0 Å². The highest BCUT2D eigenvalue weighted by molar-refractivity contribution is 5.17. The number of hydrogen-bond donors (Lipinski definition) is 1. The Hall–Kier alpha value is -0.840. The number of furan rings is 1. The van der Waals surface area contributed by atoms with Gasteiger partial charge in [0.2, 0.25) is 0 Å². The van der Waals surface area contributed by atoms with E-state index >= 15 is 0 Å². The van der Waals surface area contributed by atoms with Crippen LogP contribution < -0.4 is 5.32 Å². The van der Waals surface area contributed by atoms with E-state index in [0.717, 1.165) is 31.4 Å². The zero-order valence-corrected chi connectivity index (χ0v) is 12.6. The molecule has 3 rings (SSSR count). The van der Waals surface area contributed by atoms with Crippen molar-refractivity contribution in [3.05, 3.63) is 23.7 Å². The Morgan fingerprint density at radius 2 is 2.20 bits per heavy atom. The molecule has 0 bridgehead atoms. The molecule has 2 aliphatic heterocycles. The minimum absolute atomic E-state index is 0.793. The molecule has 4 heteroatoms. The van der Waals surface area contributed by atoms with Crippen molar-refractivity contribution in [1.82, 2.24) is 15.1 Å². The van der Waals surface area contributed by atoms with Crippen LogP contribution in [0.2, 0.25) is 0 Å². The second-order valence-corrected chi connectivity index (χ2v) is 6.07. The summed E-state index contributed by atoms with van der Waals surface area (Å²) in [6.45, 7) is 10.1. The normalized spacial score (nSPS) is 24.8. The summed E-state index contributed by atoms with van der Waals surface area (Å²) in [6.07, 6.45) is 5.90. The molecule has 3 heterocycles. The lowest BCUT2D eigenvalue weighted by Gasteiger charge is -2.25. The van der Waals surface area contributed by atoms with Crippen molar-refractivity contribution in [3.8, 4) is 0 Å².